The number of rotatable bonds is 8. The first-order chi connectivity index (χ1) is 14.8. The highest BCUT2D eigenvalue weighted by molar-refractivity contribution is 14.1. The van der Waals surface area contributed by atoms with Crippen molar-refractivity contribution in [3.8, 4) is 0 Å². The molecule has 3 aromatic rings. The standard InChI is InChI=1S/C24H23IN2O4/c1-15(28)26-21(13-16-7-10-20(25)11-8-16)23(29)27-22(24(30)31)14-17-6-9-18-4-2-3-5-19(18)12-17/h2-12,21-22H,13-14H2,1H3,(H,26,28)(H,27,29)(H,30,31)/t21-,22-/m0/s1. The second-order valence-electron chi connectivity index (χ2n) is 7.37. The Labute approximate surface area is 194 Å². The number of amides is 2. The molecule has 0 aromatic heterocycles. The lowest BCUT2D eigenvalue weighted by molar-refractivity contribution is -0.142. The molecule has 0 aliphatic rings. The molecule has 2 amide bonds. The number of hydrogen-bond donors (Lipinski definition) is 3. The van der Waals surface area contributed by atoms with E-state index in [1.165, 1.54) is 6.92 Å². The zero-order valence-electron chi connectivity index (χ0n) is 17.0. The molecule has 0 saturated carbocycles. The van der Waals surface area contributed by atoms with Gasteiger partial charge in [0.1, 0.15) is 12.1 Å². The number of aliphatic carboxylic acids is 1. The lowest BCUT2D eigenvalue weighted by atomic mass is 10.0. The first-order valence-electron chi connectivity index (χ1n) is 9.84. The lowest BCUT2D eigenvalue weighted by Gasteiger charge is -2.21. The number of carbonyl (C=O) groups is 3. The zero-order valence-corrected chi connectivity index (χ0v) is 19.1. The van der Waals surface area contributed by atoms with E-state index < -0.39 is 24.0 Å². The lowest BCUT2D eigenvalue weighted by Crippen LogP contribution is -2.52. The number of carboxylic acid groups (broad SMARTS) is 1. The van der Waals surface area contributed by atoms with Gasteiger partial charge < -0.3 is 15.7 Å². The SMILES string of the molecule is CC(=O)N[C@@H](Cc1ccc(I)cc1)C(=O)N[C@@H](Cc1ccc2ccccc2c1)C(=O)O. The Hall–Kier alpha value is -2.94. The van der Waals surface area contributed by atoms with Crippen molar-refractivity contribution < 1.29 is 19.5 Å². The second-order valence-corrected chi connectivity index (χ2v) is 8.61. The van der Waals surface area contributed by atoms with E-state index >= 15 is 0 Å². The molecule has 7 heteroatoms. The molecule has 0 spiro atoms. The van der Waals surface area contributed by atoms with E-state index in [9.17, 15) is 19.5 Å². The second kappa shape index (κ2) is 10.4. The van der Waals surface area contributed by atoms with Gasteiger partial charge in [-0.3, -0.25) is 9.59 Å². The van der Waals surface area contributed by atoms with E-state index in [0.29, 0.717) is 0 Å². The van der Waals surface area contributed by atoms with Crippen LogP contribution in [0.1, 0.15) is 18.1 Å². The maximum Gasteiger partial charge on any atom is 0.326 e. The quantitative estimate of drug-likeness (QED) is 0.390. The van der Waals surface area contributed by atoms with Gasteiger partial charge in [0.25, 0.3) is 0 Å². The van der Waals surface area contributed by atoms with Gasteiger partial charge in [-0.05, 0) is 56.6 Å². The van der Waals surface area contributed by atoms with Crippen molar-refractivity contribution in [1.29, 1.82) is 0 Å². The van der Waals surface area contributed by atoms with Gasteiger partial charge in [0, 0.05) is 23.3 Å². The molecule has 2 atom stereocenters. The number of carbonyl (C=O) groups excluding carboxylic acids is 2. The summed E-state index contributed by atoms with van der Waals surface area (Å²) < 4.78 is 1.06. The van der Waals surface area contributed by atoms with Gasteiger partial charge in [-0.25, -0.2) is 4.79 Å². The highest BCUT2D eigenvalue weighted by atomic mass is 127. The summed E-state index contributed by atoms with van der Waals surface area (Å²) in [6, 6.07) is 19.1. The van der Waals surface area contributed by atoms with Crippen LogP contribution in [0.5, 0.6) is 0 Å². The largest absolute Gasteiger partial charge is 0.480 e. The number of hydrogen-bond acceptors (Lipinski definition) is 3. The number of carboxylic acids is 1. The fourth-order valence-electron chi connectivity index (χ4n) is 3.38. The summed E-state index contributed by atoms with van der Waals surface area (Å²) in [5.74, 6) is -2.01. The Bertz CT molecular complexity index is 1100. The van der Waals surface area contributed by atoms with Crippen LogP contribution in [0.25, 0.3) is 10.8 Å². The number of benzene rings is 3. The van der Waals surface area contributed by atoms with Crippen LogP contribution in [-0.4, -0.2) is 35.0 Å². The summed E-state index contributed by atoms with van der Waals surface area (Å²) >= 11 is 2.19. The van der Waals surface area contributed by atoms with E-state index in [0.717, 1.165) is 25.5 Å². The van der Waals surface area contributed by atoms with Crippen LogP contribution >= 0.6 is 22.6 Å². The summed E-state index contributed by atoms with van der Waals surface area (Å²) in [5, 5.41) is 17.0. The molecule has 3 aromatic carbocycles. The van der Waals surface area contributed by atoms with Crippen LogP contribution in [0.15, 0.2) is 66.7 Å². The summed E-state index contributed by atoms with van der Waals surface area (Å²) in [5.41, 5.74) is 1.68. The third-order valence-electron chi connectivity index (χ3n) is 4.92. The summed E-state index contributed by atoms with van der Waals surface area (Å²) in [6.07, 6.45) is 0.410. The van der Waals surface area contributed by atoms with Crippen molar-refractivity contribution in [2.75, 3.05) is 0 Å². The summed E-state index contributed by atoms with van der Waals surface area (Å²) in [6.45, 7) is 1.33. The highest BCUT2D eigenvalue weighted by Gasteiger charge is 2.26. The van der Waals surface area contributed by atoms with Crippen LogP contribution in [0, 0.1) is 3.57 Å². The van der Waals surface area contributed by atoms with Crippen molar-refractivity contribution >= 4 is 51.1 Å². The number of halogens is 1. The summed E-state index contributed by atoms with van der Waals surface area (Å²) in [7, 11) is 0. The Morgan fingerprint density at radius 3 is 2.10 bits per heavy atom. The van der Waals surface area contributed by atoms with Gasteiger partial charge in [-0.15, -0.1) is 0 Å². The van der Waals surface area contributed by atoms with E-state index in [-0.39, 0.29) is 18.7 Å². The third kappa shape index (κ3) is 6.52. The average Bonchev–Trinajstić information content (AvgIpc) is 2.73. The van der Waals surface area contributed by atoms with E-state index in [4.69, 9.17) is 0 Å². The maximum atomic E-state index is 12.9. The molecule has 0 bridgehead atoms. The number of fused-ring (bicyclic) bond motifs is 1. The molecule has 6 nitrogen and oxygen atoms in total. The Balaban J connectivity index is 1.74. The summed E-state index contributed by atoms with van der Waals surface area (Å²) in [4.78, 5) is 36.3. The van der Waals surface area contributed by atoms with Gasteiger partial charge in [0.2, 0.25) is 11.8 Å². The maximum absolute atomic E-state index is 12.9. The first-order valence-corrected chi connectivity index (χ1v) is 10.9. The monoisotopic (exact) mass is 530 g/mol. The minimum Gasteiger partial charge on any atom is -0.480 e. The van der Waals surface area contributed by atoms with Crippen molar-refractivity contribution in [1.82, 2.24) is 10.6 Å². The van der Waals surface area contributed by atoms with Crippen LogP contribution in [0.4, 0.5) is 0 Å². The highest BCUT2D eigenvalue weighted by Crippen LogP contribution is 2.17. The smallest absolute Gasteiger partial charge is 0.326 e. The fraction of sp³-hybridized carbons (Fsp3) is 0.208. The predicted molar refractivity (Wildman–Crippen MR) is 128 cm³/mol. The minimum absolute atomic E-state index is 0.141. The molecule has 0 aliphatic carbocycles. The van der Waals surface area contributed by atoms with Crippen LogP contribution in [-0.2, 0) is 27.2 Å². The Morgan fingerprint density at radius 1 is 0.839 bits per heavy atom. The molecule has 160 valence electrons. The molecule has 0 fully saturated rings. The molecule has 0 heterocycles. The molecule has 0 saturated heterocycles. The zero-order chi connectivity index (χ0) is 22.4. The Kier molecular flexibility index (Phi) is 7.62. The fourth-order valence-corrected chi connectivity index (χ4v) is 3.74. The van der Waals surface area contributed by atoms with Crippen molar-refractivity contribution in [3.63, 3.8) is 0 Å². The molecule has 3 N–H and O–H groups in total. The predicted octanol–water partition coefficient (Wildman–Crippen LogP) is 3.30. The minimum atomic E-state index is -1.13. The van der Waals surface area contributed by atoms with Crippen molar-refractivity contribution in [2.45, 2.75) is 31.8 Å². The van der Waals surface area contributed by atoms with Gasteiger partial charge >= 0.3 is 5.97 Å². The van der Waals surface area contributed by atoms with Crippen LogP contribution in [0.3, 0.4) is 0 Å². The third-order valence-corrected chi connectivity index (χ3v) is 5.63. The Morgan fingerprint density at radius 2 is 1.45 bits per heavy atom. The van der Waals surface area contributed by atoms with Gasteiger partial charge in [-0.2, -0.15) is 0 Å². The molecule has 0 aliphatic heterocycles. The van der Waals surface area contributed by atoms with Crippen molar-refractivity contribution in [2.24, 2.45) is 0 Å². The van der Waals surface area contributed by atoms with Gasteiger partial charge in [0.05, 0.1) is 0 Å². The molecular weight excluding hydrogens is 507 g/mol. The van der Waals surface area contributed by atoms with Crippen LogP contribution in [0.2, 0.25) is 0 Å². The van der Waals surface area contributed by atoms with Gasteiger partial charge in [0.15, 0.2) is 0 Å². The average molecular weight is 530 g/mol. The molecule has 31 heavy (non-hydrogen) atoms. The molecule has 0 radical (unpaired) electrons. The van der Waals surface area contributed by atoms with E-state index in [2.05, 4.69) is 33.2 Å². The van der Waals surface area contributed by atoms with E-state index in [1.807, 2.05) is 66.7 Å². The van der Waals surface area contributed by atoms with Crippen LogP contribution < -0.4 is 10.6 Å². The van der Waals surface area contributed by atoms with Gasteiger partial charge in [-0.1, -0.05) is 54.6 Å². The molecular formula is C24H23IN2O4. The topological polar surface area (TPSA) is 95.5 Å². The first kappa shape index (κ1) is 22.7. The number of nitrogens with one attached hydrogen (secondary N) is 2. The van der Waals surface area contributed by atoms with Crippen molar-refractivity contribution in [3.05, 3.63) is 81.4 Å². The molecule has 0 unspecified atom stereocenters. The molecule has 3 rings (SSSR count). The normalized spacial score (nSPS) is 12.7. The van der Waals surface area contributed by atoms with E-state index in [1.54, 1.807) is 0 Å².